The first-order valence-corrected chi connectivity index (χ1v) is 5.13. The Hall–Kier alpha value is -1.45. The van der Waals surface area contributed by atoms with Crippen LogP contribution in [-0.2, 0) is 6.54 Å². The van der Waals surface area contributed by atoms with E-state index in [1.54, 1.807) is 0 Å². The van der Waals surface area contributed by atoms with Gasteiger partial charge in [0.15, 0.2) is 0 Å². The molecule has 1 atom stereocenters. The summed E-state index contributed by atoms with van der Waals surface area (Å²) in [5, 5.41) is 25.3. The molecule has 0 aromatic carbocycles. The zero-order chi connectivity index (χ0) is 12.2. The summed E-state index contributed by atoms with van der Waals surface area (Å²) in [5.41, 5.74) is -0.0266. The van der Waals surface area contributed by atoms with Gasteiger partial charge in [0.2, 0.25) is 0 Å². The van der Waals surface area contributed by atoms with Crippen molar-refractivity contribution in [3.63, 3.8) is 0 Å². The molecule has 16 heavy (non-hydrogen) atoms. The van der Waals surface area contributed by atoms with E-state index in [2.05, 4.69) is 15.4 Å². The molecular weight excluding hydrogens is 206 g/mol. The predicted octanol–water partition coefficient (Wildman–Crippen LogP) is -0.101. The smallest absolute Gasteiger partial charge is 0.252 e. The zero-order valence-electron chi connectivity index (χ0n) is 9.80. The predicted molar refractivity (Wildman–Crippen MR) is 58.5 cm³/mol. The largest absolute Gasteiger partial charge is 0.390 e. The molecule has 0 aliphatic carbocycles. The highest BCUT2D eigenvalue weighted by atomic mass is 16.3. The van der Waals surface area contributed by atoms with Gasteiger partial charge >= 0.3 is 0 Å². The van der Waals surface area contributed by atoms with Gasteiger partial charge in [-0.1, -0.05) is 0 Å². The molecule has 0 saturated carbocycles. The highest BCUT2D eigenvalue weighted by Gasteiger charge is 2.13. The molecule has 1 rings (SSSR count). The van der Waals surface area contributed by atoms with Crippen molar-refractivity contribution in [3.8, 4) is 6.07 Å². The summed E-state index contributed by atoms with van der Waals surface area (Å²) in [7, 11) is 0. The van der Waals surface area contributed by atoms with Crippen molar-refractivity contribution in [2.45, 2.75) is 39.0 Å². The lowest BCUT2D eigenvalue weighted by atomic mass is 10.1. The Balaban J connectivity index is 2.40. The lowest BCUT2D eigenvalue weighted by Gasteiger charge is -2.22. The molecule has 1 unspecified atom stereocenters. The molecule has 1 aromatic heterocycles. The van der Waals surface area contributed by atoms with Crippen LogP contribution in [0.1, 0.15) is 26.6 Å². The topological polar surface area (TPSA) is 86.8 Å². The van der Waals surface area contributed by atoms with E-state index >= 15 is 0 Å². The molecule has 0 spiro atoms. The maximum absolute atomic E-state index is 9.71. The van der Waals surface area contributed by atoms with E-state index < -0.39 is 6.10 Å². The summed E-state index contributed by atoms with van der Waals surface area (Å²) in [5.74, 6) is 0.121. The van der Waals surface area contributed by atoms with E-state index in [-0.39, 0.29) is 11.4 Å². The third kappa shape index (κ3) is 4.38. The highest BCUT2D eigenvalue weighted by molar-refractivity contribution is 5.05. The molecule has 0 amide bonds. The van der Waals surface area contributed by atoms with Crippen LogP contribution in [0.3, 0.4) is 0 Å². The van der Waals surface area contributed by atoms with Gasteiger partial charge in [0, 0.05) is 12.1 Å². The summed E-state index contributed by atoms with van der Waals surface area (Å²) in [6.07, 6.45) is 0.895. The van der Waals surface area contributed by atoms with Crippen molar-refractivity contribution < 1.29 is 5.11 Å². The molecule has 88 valence electrons. The number of rotatable bonds is 4. The Morgan fingerprint density at radius 1 is 1.62 bits per heavy atom. The maximum atomic E-state index is 9.71. The van der Waals surface area contributed by atoms with Gasteiger partial charge in [-0.05, 0) is 20.8 Å². The average molecular weight is 223 g/mol. The summed E-state index contributed by atoms with van der Waals surface area (Å²) in [4.78, 5) is 3.76. The molecule has 0 aliphatic heterocycles. The molecule has 1 aromatic rings. The Bertz CT molecular complexity index is 373. The number of nitriles is 1. The van der Waals surface area contributed by atoms with Crippen molar-refractivity contribution in [1.29, 1.82) is 5.26 Å². The second-order valence-electron chi connectivity index (χ2n) is 4.69. The first kappa shape index (κ1) is 12.6. The number of nitrogens with one attached hydrogen (secondary N) is 1. The van der Waals surface area contributed by atoms with Gasteiger partial charge < -0.3 is 10.4 Å². The minimum absolute atomic E-state index is 0.0266. The molecule has 0 radical (unpaired) electrons. The van der Waals surface area contributed by atoms with Gasteiger partial charge in [0.25, 0.3) is 5.82 Å². The van der Waals surface area contributed by atoms with Crippen LogP contribution in [0.25, 0.3) is 0 Å². The second-order valence-corrected chi connectivity index (χ2v) is 4.69. The number of hydrogen-bond donors (Lipinski definition) is 2. The Morgan fingerprint density at radius 3 is 2.81 bits per heavy atom. The first-order chi connectivity index (χ1) is 7.40. The maximum Gasteiger partial charge on any atom is 0.252 e. The van der Waals surface area contributed by atoms with Crippen molar-refractivity contribution in [2.24, 2.45) is 0 Å². The van der Waals surface area contributed by atoms with E-state index in [4.69, 9.17) is 5.26 Å². The van der Waals surface area contributed by atoms with Crippen LogP contribution in [-0.4, -0.2) is 38.1 Å². The number of nitrogens with zero attached hydrogens (tertiary/aromatic N) is 4. The fourth-order valence-electron chi connectivity index (χ4n) is 1.14. The van der Waals surface area contributed by atoms with Crippen LogP contribution < -0.4 is 5.32 Å². The standard InChI is InChI=1S/C10H17N5O/c1-10(2,3)13-5-8(16)6-15-7-12-9(4-11)14-15/h7-8,13,16H,5-6H2,1-3H3. The van der Waals surface area contributed by atoms with Crippen LogP contribution in [0.2, 0.25) is 0 Å². The van der Waals surface area contributed by atoms with Crippen molar-refractivity contribution in [1.82, 2.24) is 20.1 Å². The Morgan fingerprint density at radius 2 is 2.31 bits per heavy atom. The Kier molecular flexibility index (Phi) is 3.99. The van der Waals surface area contributed by atoms with Crippen molar-refractivity contribution in [2.75, 3.05) is 6.54 Å². The second kappa shape index (κ2) is 5.05. The van der Waals surface area contributed by atoms with E-state index in [1.807, 2.05) is 26.8 Å². The van der Waals surface area contributed by atoms with Gasteiger partial charge in [-0.3, -0.25) is 0 Å². The van der Waals surface area contributed by atoms with Gasteiger partial charge in [-0.25, -0.2) is 9.67 Å². The van der Waals surface area contributed by atoms with Crippen molar-refractivity contribution in [3.05, 3.63) is 12.2 Å². The highest BCUT2D eigenvalue weighted by Crippen LogP contribution is 1.99. The molecule has 6 heteroatoms. The van der Waals surface area contributed by atoms with Crippen LogP contribution in [0.4, 0.5) is 0 Å². The monoisotopic (exact) mass is 223 g/mol. The number of aromatic nitrogens is 3. The van der Waals surface area contributed by atoms with E-state index in [0.29, 0.717) is 13.1 Å². The molecule has 1 heterocycles. The minimum Gasteiger partial charge on any atom is -0.390 e. The van der Waals surface area contributed by atoms with Gasteiger partial charge in [0.05, 0.1) is 12.6 Å². The zero-order valence-corrected chi connectivity index (χ0v) is 9.80. The summed E-state index contributed by atoms with van der Waals surface area (Å²) in [6, 6.07) is 1.84. The average Bonchev–Trinajstić information content (AvgIpc) is 2.61. The molecular formula is C10H17N5O. The molecule has 6 nitrogen and oxygen atoms in total. The van der Waals surface area contributed by atoms with Crippen LogP contribution in [0.5, 0.6) is 0 Å². The number of hydrogen-bond acceptors (Lipinski definition) is 5. The lowest BCUT2D eigenvalue weighted by Crippen LogP contribution is -2.42. The quantitative estimate of drug-likeness (QED) is 0.744. The first-order valence-electron chi connectivity index (χ1n) is 5.13. The van der Waals surface area contributed by atoms with E-state index in [1.165, 1.54) is 11.0 Å². The number of aliphatic hydroxyl groups excluding tert-OH is 1. The Labute approximate surface area is 94.9 Å². The van der Waals surface area contributed by atoms with Crippen LogP contribution in [0.15, 0.2) is 6.33 Å². The van der Waals surface area contributed by atoms with Crippen molar-refractivity contribution >= 4 is 0 Å². The normalized spacial score (nSPS) is 13.4. The molecule has 2 N–H and O–H groups in total. The number of aliphatic hydroxyl groups is 1. The van der Waals surface area contributed by atoms with E-state index in [9.17, 15) is 5.11 Å². The van der Waals surface area contributed by atoms with Gasteiger partial charge in [-0.15, -0.1) is 5.10 Å². The molecule has 0 bridgehead atoms. The van der Waals surface area contributed by atoms with Gasteiger partial charge in [0.1, 0.15) is 12.4 Å². The molecule has 0 aliphatic rings. The SMILES string of the molecule is CC(C)(C)NCC(O)Cn1cnc(C#N)n1. The van der Waals surface area contributed by atoms with Crippen LogP contribution in [0, 0.1) is 11.3 Å². The van der Waals surface area contributed by atoms with Crippen LogP contribution >= 0.6 is 0 Å². The lowest BCUT2D eigenvalue weighted by molar-refractivity contribution is 0.137. The third-order valence-electron chi connectivity index (χ3n) is 1.90. The summed E-state index contributed by atoms with van der Waals surface area (Å²) < 4.78 is 1.47. The molecule has 0 saturated heterocycles. The molecule has 0 fully saturated rings. The summed E-state index contributed by atoms with van der Waals surface area (Å²) in [6.45, 7) is 6.90. The fourth-order valence-corrected chi connectivity index (χ4v) is 1.14. The number of β-amino-alcohol motifs (C(OH)–C–C–N with tert-alkyl or cyclic N) is 1. The van der Waals surface area contributed by atoms with E-state index in [0.717, 1.165) is 0 Å². The fraction of sp³-hybridized carbons (Fsp3) is 0.700. The minimum atomic E-state index is -0.549. The summed E-state index contributed by atoms with van der Waals surface area (Å²) >= 11 is 0. The third-order valence-corrected chi connectivity index (χ3v) is 1.90. The van der Waals surface area contributed by atoms with Gasteiger partial charge in [-0.2, -0.15) is 5.26 Å².